The van der Waals surface area contributed by atoms with Crippen LogP contribution in [0.1, 0.15) is 34.6 Å². The van der Waals surface area contributed by atoms with E-state index in [0.29, 0.717) is 6.54 Å². The van der Waals surface area contributed by atoms with E-state index in [4.69, 9.17) is 16.2 Å². The predicted octanol–water partition coefficient (Wildman–Crippen LogP) is 0.563. The van der Waals surface area contributed by atoms with E-state index in [9.17, 15) is 4.79 Å². The summed E-state index contributed by atoms with van der Waals surface area (Å²) in [7, 11) is 0. The number of guanidine groups is 1. The van der Waals surface area contributed by atoms with Crippen molar-refractivity contribution in [3.63, 3.8) is 0 Å². The standard InChI is InChI=1S/C10H22N4O2/c1-9(2,3)16-8(15)14-10(4,5)6-13-7(11)12/h6H2,1-5H3,(H,14,15)(H4,11,12,13). The molecule has 16 heavy (non-hydrogen) atoms. The Balaban J connectivity index is 4.26. The van der Waals surface area contributed by atoms with Crippen molar-refractivity contribution >= 4 is 12.1 Å². The van der Waals surface area contributed by atoms with E-state index in [2.05, 4.69) is 10.3 Å². The number of carbonyl (C=O) groups excluding carboxylic acids is 1. The molecule has 0 aliphatic carbocycles. The van der Waals surface area contributed by atoms with Gasteiger partial charge in [-0.2, -0.15) is 0 Å². The van der Waals surface area contributed by atoms with Crippen LogP contribution in [0.2, 0.25) is 0 Å². The lowest BCUT2D eigenvalue weighted by atomic mass is 10.1. The summed E-state index contributed by atoms with van der Waals surface area (Å²) in [5.74, 6) is -0.000867. The van der Waals surface area contributed by atoms with E-state index >= 15 is 0 Å². The molecule has 94 valence electrons. The number of amides is 1. The fraction of sp³-hybridized carbons (Fsp3) is 0.800. The van der Waals surface area contributed by atoms with Gasteiger partial charge in [-0.3, -0.25) is 4.99 Å². The van der Waals surface area contributed by atoms with Crippen LogP contribution in [-0.2, 0) is 4.74 Å². The topological polar surface area (TPSA) is 103 Å². The Hall–Kier alpha value is -1.46. The van der Waals surface area contributed by atoms with E-state index in [0.717, 1.165) is 0 Å². The highest BCUT2D eigenvalue weighted by molar-refractivity contribution is 5.75. The number of hydrogen-bond donors (Lipinski definition) is 3. The molecule has 0 aromatic heterocycles. The monoisotopic (exact) mass is 230 g/mol. The van der Waals surface area contributed by atoms with Gasteiger partial charge < -0.3 is 21.5 Å². The van der Waals surface area contributed by atoms with Gasteiger partial charge in [0, 0.05) is 0 Å². The maximum atomic E-state index is 11.5. The molecule has 0 atom stereocenters. The maximum absolute atomic E-state index is 11.5. The Morgan fingerprint density at radius 3 is 2.12 bits per heavy atom. The fourth-order valence-corrected chi connectivity index (χ4v) is 0.908. The Labute approximate surface area is 96.4 Å². The summed E-state index contributed by atoms with van der Waals surface area (Å²) < 4.78 is 5.12. The number of aliphatic imine (C=N–C) groups is 1. The second-order valence-corrected chi connectivity index (χ2v) is 5.25. The van der Waals surface area contributed by atoms with Crippen molar-refractivity contribution in [1.82, 2.24) is 5.32 Å². The van der Waals surface area contributed by atoms with E-state index in [1.807, 2.05) is 13.8 Å². The maximum Gasteiger partial charge on any atom is 0.408 e. The first-order valence-electron chi connectivity index (χ1n) is 5.08. The van der Waals surface area contributed by atoms with Gasteiger partial charge in [0.25, 0.3) is 0 Å². The van der Waals surface area contributed by atoms with Gasteiger partial charge in [0.2, 0.25) is 0 Å². The first-order valence-corrected chi connectivity index (χ1v) is 5.08. The van der Waals surface area contributed by atoms with E-state index in [1.165, 1.54) is 0 Å². The summed E-state index contributed by atoms with van der Waals surface area (Å²) in [4.78, 5) is 15.3. The van der Waals surface area contributed by atoms with Crippen molar-refractivity contribution in [3.05, 3.63) is 0 Å². The van der Waals surface area contributed by atoms with Crippen molar-refractivity contribution < 1.29 is 9.53 Å². The minimum Gasteiger partial charge on any atom is -0.444 e. The zero-order valence-corrected chi connectivity index (χ0v) is 10.6. The van der Waals surface area contributed by atoms with Gasteiger partial charge in [0.15, 0.2) is 5.96 Å². The van der Waals surface area contributed by atoms with Crippen LogP contribution in [-0.4, -0.2) is 29.7 Å². The van der Waals surface area contributed by atoms with Crippen LogP contribution in [0.25, 0.3) is 0 Å². The molecule has 0 unspecified atom stereocenters. The van der Waals surface area contributed by atoms with Crippen LogP contribution in [0.3, 0.4) is 0 Å². The van der Waals surface area contributed by atoms with Crippen LogP contribution in [0, 0.1) is 0 Å². The molecule has 0 heterocycles. The van der Waals surface area contributed by atoms with Gasteiger partial charge >= 0.3 is 6.09 Å². The Bertz CT molecular complexity index is 275. The second kappa shape index (κ2) is 5.05. The predicted molar refractivity (Wildman–Crippen MR) is 64.1 cm³/mol. The fourth-order valence-electron chi connectivity index (χ4n) is 0.908. The summed E-state index contributed by atoms with van der Waals surface area (Å²) in [6.07, 6.45) is -0.483. The highest BCUT2D eigenvalue weighted by Crippen LogP contribution is 2.09. The zero-order valence-electron chi connectivity index (χ0n) is 10.6. The van der Waals surface area contributed by atoms with E-state index < -0.39 is 17.2 Å². The number of nitrogens with two attached hydrogens (primary N) is 2. The molecule has 0 aromatic carbocycles. The summed E-state index contributed by atoms with van der Waals surface area (Å²) >= 11 is 0. The number of ether oxygens (including phenoxy) is 1. The van der Waals surface area contributed by atoms with Crippen LogP contribution in [0.4, 0.5) is 4.79 Å². The second-order valence-electron chi connectivity index (χ2n) is 5.25. The molecule has 0 rings (SSSR count). The normalized spacial score (nSPS) is 11.8. The lowest BCUT2D eigenvalue weighted by Crippen LogP contribution is -2.48. The molecule has 6 nitrogen and oxygen atoms in total. The molecule has 0 spiro atoms. The minimum absolute atomic E-state index is 0.000867. The Morgan fingerprint density at radius 1 is 1.25 bits per heavy atom. The summed E-state index contributed by atoms with van der Waals surface area (Å²) in [6.45, 7) is 9.32. The number of nitrogens with zero attached hydrogens (tertiary/aromatic N) is 1. The lowest BCUT2D eigenvalue weighted by Gasteiger charge is -2.27. The third kappa shape index (κ3) is 7.90. The van der Waals surface area contributed by atoms with Crippen molar-refractivity contribution in [3.8, 4) is 0 Å². The molecular weight excluding hydrogens is 208 g/mol. The van der Waals surface area contributed by atoms with Crippen molar-refractivity contribution in [2.45, 2.75) is 45.8 Å². The van der Waals surface area contributed by atoms with Crippen LogP contribution in [0.5, 0.6) is 0 Å². The number of hydrogen-bond acceptors (Lipinski definition) is 3. The van der Waals surface area contributed by atoms with E-state index in [-0.39, 0.29) is 5.96 Å². The van der Waals surface area contributed by atoms with Crippen LogP contribution >= 0.6 is 0 Å². The summed E-state index contributed by atoms with van der Waals surface area (Å²) in [6, 6.07) is 0. The molecule has 0 radical (unpaired) electrons. The number of alkyl carbamates (subject to hydrolysis) is 1. The number of rotatable bonds is 3. The van der Waals surface area contributed by atoms with Crippen molar-refractivity contribution in [2.24, 2.45) is 16.5 Å². The minimum atomic E-state index is -0.549. The number of carbonyl (C=O) groups is 1. The van der Waals surface area contributed by atoms with Gasteiger partial charge in [-0.25, -0.2) is 4.79 Å². The highest BCUT2D eigenvalue weighted by Gasteiger charge is 2.24. The smallest absolute Gasteiger partial charge is 0.408 e. The van der Waals surface area contributed by atoms with Gasteiger partial charge in [0.1, 0.15) is 5.60 Å². The molecule has 1 amide bonds. The Kier molecular flexibility index (Phi) is 4.59. The molecule has 0 bridgehead atoms. The number of nitrogens with one attached hydrogen (secondary N) is 1. The van der Waals surface area contributed by atoms with E-state index in [1.54, 1.807) is 20.8 Å². The Morgan fingerprint density at radius 2 is 1.75 bits per heavy atom. The molecule has 0 aliphatic rings. The molecule has 0 saturated carbocycles. The molecular formula is C10H22N4O2. The lowest BCUT2D eigenvalue weighted by molar-refractivity contribution is 0.0476. The first kappa shape index (κ1) is 14.5. The van der Waals surface area contributed by atoms with Crippen LogP contribution in [0.15, 0.2) is 4.99 Å². The average molecular weight is 230 g/mol. The van der Waals surface area contributed by atoms with Crippen molar-refractivity contribution in [1.29, 1.82) is 0 Å². The average Bonchev–Trinajstić information content (AvgIpc) is 1.95. The molecule has 0 aromatic rings. The molecule has 5 N–H and O–H groups in total. The van der Waals surface area contributed by atoms with Gasteiger partial charge in [0.05, 0.1) is 12.1 Å². The van der Waals surface area contributed by atoms with Gasteiger partial charge in [-0.05, 0) is 34.6 Å². The third-order valence-corrected chi connectivity index (χ3v) is 1.50. The molecule has 0 fully saturated rings. The SMILES string of the molecule is CC(C)(CN=C(N)N)NC(=O)OC(C)(C)C. The highest BCUT2D eigenvalue weighted by atomic mass is 16.6. The van der Waals surface area contributed by atoms with Crippen molar-refractivity contribution in [2.75, 3.05) is 6.54 Å². The van der Waals surface area contributed by atoms with Gasteiger partial charge in [-0.15, -0.1) is 0 Å². The summed E-state index contributed by atoms with van der Waals surface area (Å²) in [5.41, 5.74) is 9.37. The van der Waals surface area contributed by atoms with Gasteiger partial charge in [-0.1, -0.05) is 0 Å². The largest absolute Gasteiger partial charge is 0.444 e. The first-order chi connectivity index (χ1) is 7.02. The summed E-state index contributed by atoms with van der Waals surface area (Å²) in [5, 5.41) is 2.69. The quantitative estimate of drug-likeness (QED) is 0.487. The molecule has 0 aliphatic heterocycles. The zero-order chi connectivity index (χ0) is 13.0. The molecule has 0 saturated heterocycles. The third-order valence-electron chi connectivity index (χ3n) is 1.50. The molecule has 6 heteroatoms. The van der Waals surface area contributed by atoms with Crippen LogP contribution < -0.4 is 16.8 Å².